The number of aromatic nitrogens is 2. The molecular weight excluding hydrogens is 795 g/mol. The van der Waals surface area contributed by atoms with E-state index in [2.05, 4.69) is 28.9 Å². The van der Waals surface area contributed by atoms with E-state index in [1.807, 2.05) is 0 Å². The first-order valence-electron chi connectivity index (χ1n) is 15.0. The number of unbranched alkanes of at least 4 members (excludes halogenated alkanes) is 2. The molecule has 0 bridgehead atoms. The Labute approximate surface area is 293 Å². The van der Waals surface area contributed by atoms with Crippen molar-refractivity contribution in [2.24, 2.45) is 0 Å². The number of alkyl halides is 17. The van der Waals surface area contributed by atoms with Crippen LogP contribution in [0.1, 0.15) is 32.6 Å². The second-order valence-corrected chi connectivity index (χ2v) is 10.9. The normalized spacial score (nSPS) is 14.0. The van der Waals surface area contributed by atoms with Crippen molar-refractivity contribution in [2.45, 2.75) is 81.0 Å². The maximum atomic E-state index is 14.1. The van der Waals surface area contributed by atoms with Crippen LogP contribution in [0.4, 0.5) is 74.6 Å². The predicted molar refractivity (Wildman–Crippen MR) is 147 cm³/mol. The number of nitrogens with zero attached hydrogens (tertiary/aromatic N) is 2. The van der Waals surface area contributed by atoms with Crippen LogP contribution in [-0.2, 0) is 18.9 Å². The molecule has 2 aromatic rings. The number of ether oxygens (including phenoxy) is 6. The van der Waals surface area contributed by atoms with Crippen LogP contribution in [0.3, 0.4) is 0 Å². The Kier molecular flexibility index (Phi) is 15.6. The summed E-state index contributed by atoms with van der Waals surface area (Å²) in [7, 11) is 0. The van der Waals surface area contributed by atoms with Crippen molar-refractivity contribution >= 4 is 0 Å². The van der Waals surface area contributed by atoms with Gasteiger partial charge in [-0.2, -0.15) is 74.6 Å². The molecule has 0 atom stereocenters. The van der Waals surface area contributed by atoms with Gasteiger partial charge in [-0.1, -0.05) is 13.3 Å². The molecule has 0 saturated carbocycles. The fourth-order valence-corrected chi connectivity index (χ4v) is 3.55. The fraction of sp³-hybridized carbons (Fsp3) is 0.655. The van der Waals surface area contributed by atoms with Crippen molar-refractivity contribution in [3.8, 4) is 22.9 Å². The van der Waals surface area contributed by atoms with Crippen LogP contribution in [0.2, 0.25) is 0 Å². The zero-order valence-electron chi connectivity index (χ0n) is 27.3. The highest BCUT2D eigenvalue weighted by atomic mass is 19.4. The summed E-state index contributed by atoms with van der Waals surface area (Å²) in [4.78, 5) is 7.63. The molecule has 0 amide bonds. The first-order chi connectivity index (χ1) is 24.6. The van der Waals surface area contributed by atoms with Crippen molar-refractivity contribution in [2.75, 3.05) is 39.6 Å². The van der Waals surface area contributed by atoms with E-state index in [1.54, 1.807) is 11.7 Å². The van der Waals surface area contributed by atoms with Gasteiger partial charge in [0.05, 0.1) is 19.0 Å². The molecule has 1 aromatic heterocycles. The van der Waals surface area contributed by atoms with E-state index >= 15 is 0 Å². The average Bonchev–Trinajstić information content (AvgIpc) is 3.04. The summed E-state index contributed by atoms with van der Waals surface area (Å²) < 4.78 is 248. The first-order valence-corrected chi connectivity index (χ1v) is 15.0. The summed E-state index contributed by atoms with van der Waals surface area (Å²) in [6.07, 6.45) is -30.3. The Hall–Kier alpha value is -3.45. The van der Waals surface area contributed by atoms with Crippen LogP contribution >= 0.6 is 0 Å². The molecule has 1 heterocycles. The topological polar surface area (TPSA) is 81.2 Å². The predicted octanol–water partition coefficient (Wildman–Crippen LogP) is 9.39. The molecule has 310 valence electrons. The van der Waals surface area contributed by atoms with Crippen LogP contribution in [0.25, 0.3) is 11.4 Å². The van der Waals surface area contributed by atoms with Gasteiger partial charge in [0.1, 0.15) is 19.0 Å². The van der Waals surface area contributed by atoms with Gasteiger partial charge in [-0.25, -0.2) is 19.4 Å². The van der Waals surface area contributed by atoms with Crippen molar-refractivity contribution < 1.29 is 103 Å². The average molecular weight is 825 g/mol. The van der Waals surface area contributed by atoms with E-state index in [-0.39, 0.29) is 44.1 Å². The minimum Gasteiger partial charge on any atom is -0.494 e. The standard InChI is InChI=1S/C29H29F17N2O6/c1-2-3-10-49-15-22(30,31)25(36,37)23(32,33)16-52-20-13-47-21(48-14-20)18-6-8-19(9-7-18)51-12-5-4-11-50-17-24(34,35)53-28(43,44)29(45,46)54-27(41,42)26(38,39)40/h6-9,13-14H,2-5,10-12,15-17H2,1H3. The van der Waals surface area contributed by atoms with Crippen LogP contribution in [0.5, 0.6) is 11.5 Å². The number of hydrogen-bond acceptors (Lipinski definition) is 8. The van der Waals surface area contributed by atoms with E-state index in [0.717, 1.165) is 12.4 Å². The SMILES string of the molecule is CCCCOCC(F)(F)C(F)(F)C(F)(F)COc1cnc(-c2ccc(OCCCCOCC(F)(F)OC(F)(F)C(F)(F)OC(F)(F)C(F)(F)F)cc2)nc1. The molecule has 1 aromatic carbocycles. The molecule has 0 spiro atoms. The van der Waals surface area contributed by atoms with E-state index < -0.39 is 80.6 Å². The summed E-state index contributed by atoms with van der Waals surface area (Å²) in [5.74, 6) is -16.8. The number of rotatable bonds is 24. The molecule has 0 N–H and O–H groups in total. The van der Waals surface area contributed by atoms with Crippen LogP contribution in [0.15, 0.2) is 36.7 Å². The summed E-state index contributed by atoms with van der Waals surface area (Å²) in [5, 5.41) is 0. The largest absolute Gasteiger partial charge is 0.494 e. The zero-order valence-corrected chi connectivity index (χ0v) is 27.3. The second-order valence-electron chi connectivity index (χ2n) is 10.9. The van der Waals surface area contributed by atoms with Gasteiger partial charge >= 0.3 is 48.4 Å². The highest BCUT2D eigenvalue weighted by Gasteiger charge is 2.73. The molecular formula is C29H29F17N2O6. The monoisotopic (exact) mass is 824 g/mol. The highest BCUT2D eigenvalue weighted by Crippen LogP contribution is 2.48. The molecule has 0 saturated heterocycles. The van der Waals surface area contributed by atoms with Gasteiger partial charge in [0.15, 0.2) is 18.2 Å². The fourth-order valence-electron chi connectivity index (χ4n) is 3.55. The molecule has 0 radical (unpaired) electrons. The minimum atomic E-state index is -6.90. The van der Waals surface area contributed by atoms with E-state index in [9.17, 15) is 74.6 Å². The Morgan fingerprint density at radius 2 is 1.02 bits per heavy atom. The van der Waals surface area contributed by atoms with E-state index in [4.69, 9.17) is 4.74 Å². The van der Waals surface area contributed by atoms with E-state index in [1.165, 1.54) is 24.3 Å². The van der Waals surface area contributed by atoms with Gasteiger partial charge in [-0.05, 0) is 43.5 Å². The number of benzene rings is 1. The molecule has 54 heavy (non-hydrogen) atoms. The van der Waals surface area contributed by atoms with Gasteiger partial charge in [-0.3, -0.25) is 0 Å². The lowest BCUT2D eigenvalue weighted by molar-refractivity contribution is -0.537. The molecule has 0 aliphatic heterocycles. The van der Waals surface area contributed by atoms with Crippen molar-refractivity contribution in [3.05, 3.63) is 36.7 Å². The van der Waals surface area contributed by atoms with E-state index in [0.29, 0.717) is 12.0 Å². The van der Waals surface area contributed by atoms with Gasteiger partial charge in [0.25, 0.3) is 0 Å². The molecule has 0 fully saturated rings. The molecule has 0 aliphatic carbocycles. The van der Waals surface area contributed by atoms with Gasteiger partial charge < -0.3 is 18.9 Å². The Morgan fingerprint density at radius 3 is 1.57 bits per heavy atom. The molecule has 0 unspecified atom stereocenters. The summed E-state index contributed by atoms with van der Waals surface area (Å²) in [6.45, 7) is -5.66. The third-order valence-corrected chi connectivity index (χ3v) is 6.43. The Balaban J connectivity index is 1.78. The lowest BCUT2D eigenvalue weighted by Gasteiger charge is -2.32. The zero-order chi connectivity index (χ0) is 41.3. The van der Waals surface area contributed by atoms with Gasteiger partial charge in [0, 0.05) is 18.8 Å². The Morgan fingerprint density at radius 1 is 0.519 bits per heavy atom. The van der Waals surface area contributed by atoms with Crippen LogP contribution < -0.4 is 9.47 Å². The van der Waals surface area contributed by atoms with Crippen molar-refractivity contribution in [1.82, 2.24) is 9.97 Å². The minimum absolute atomic E-state index is 0.0343. The third-order valence-electron chi connectivity index (χ3n) is 6.43. The third kappa shape index (κ3) is 12.8. The van der Waals surface area contributed by atoms with Gasteiger partial charge in [-0.15, -0.1) is 0 Å². The quantitative estimate of drug-likeness (QED) is 0.0766. The molecule has 25 heteroatoms. The Bertz CT molecular complexity index is 1430. The molecule has 0 aliphatic rings. The second kappa shape index (κ2) is 18.0. The number of halogens is 17. The van der Waals surface area contributed by atoms with Gasteiger partial charge in [0.2, 0.25) is 0 Å². The molecule has 2 rings (SSSR count). The van der Waals surface area contributed by atoms with Crippen LogP contribution in [0, 0.1) is 0 Å². The lowest BCUT2D eigenvalue weighted by Crippen LogP contribution is -2.58. The molecule has 8 nitrogen and oxygen atoms in total. The highest BCUT2D eigenvalue weighted by molar-refractivity contribution is 5.56. The van der Waals surface area contributed by atoms with Crippen LogP contribution in [-0.4, -0.2) is 98.0 Å². The maximum Gasteiger partial charge on any atom is 0.483 e. The lowest BCUT2D eigenvalue weighted by atomic mass is 10.1. The first kappa shape index (κ1) is 46.7. The summed E-state index contributed by atoms with van der Waals surface area (Å²) in [5.41, 5.74) is 0.300. The summed E-state index contributed by atoms with van der Waals surface area (Å²) >= 11 is 0. The maximum absolute atomic E-state index is 14.1. The number of hydrogen-bond donors (Lipinski definition) is 0. The smallest absolute Gasteiger partial charge is 0.483 e. The van der Waals surface area contributed by atoms with Crippen molar-refractivity contribution in [3.63, 3.8) is 0 Å². The summed E-state index contributed by atoms with van der Waals surface area (Å²) in [6, 6.07) is 5.53. The van der Waals surface area contributed by atoms with Crippen molar-refractivity contribution in [1.29, 1.82) is 0 Å².